The Labute approximate surface area is 162 Å². The van der Waals surface area contributed by atoms with Gasteiger partial charge >= 0.3 is 0 Å². The molecule has 6 nitrogen and oxygen atoms in total. The minimum absolute atomic E-state index is 0.0898. The van der Waals surface area contributed by atoms with Crippen LogP contribution in [0.4, 0.5) is 0 Å². The summed E-state index contributed by atoms with van der Waals surface area (Å²) in [6, 6.07) is 1.41. The Balaban J connectivity index is 1.31. The first-order valence-electron chi connectivity index (χ1n) is 9.69. The lowest BCUT2D eigenvalue weighted by atomic mass is 9.82. The third-order valence-electron chi connectivity index (χ3n) is 6.22. The van der Waals surface area contributed by atoms with E-state index in [1.54, 1.807) is 17.5 Å². The van der Waals surface area contributed by atoms with Gasteiger partial charge in [0.2, 0.25) is 0 Å². The van der Waals surface area contributed by atoms with Crippen LogP contribution in [0.25, 0.3) is 5.57 Å². The van der Waals surface area contributed by atoms with E-state index in [-0.39, 0.29) is 11.9 Å². The summed E-state index contributed by atoms with van der Waals surface area (Å²) < 4.78 is 0. The van der Waals surface area contributed by atoms with Crippen molar-refractivity contribution in [3.05, 3.63) is 34.3 Å². The van der Waals surface area contributed by atoms with E-state index in [2.05, 4.69) is 38.5 Å². The Hall–Kier alpha value is -2.12. The lowest BCUT2D eigenvalue weighted by Crippen LogP contribution is -2.56. The fourth-order valence-corrected chi connectivity index (χ4v) is 5.40. The van der Waals surface area contributed by atoms with Gasteiger partial charge in [-0.2, -0.15) is 5.10 Å². The maximum Gasteiger partial charge on any atom is 0.272 e. The topological polar surface area (TPSA) is 70.0 Å². The Bertz CT molecular complexity index is 868. The molecule has 0 radical (unpaired) electrons. The van der Waals surface area contributed by atoms with Gasteiger partial charge in [-0.05, 0) is 38.8 Å². The smallest absolute Gasteiger partial charge is 0.272 e. The Kier molecular flexibility index (Phi) is 4.28. The van der Waals surface area contributed by atoms with Gasteiger partial charge in [0.05, 0.1) is 5.71 Å². The minimum Gasteiger partial charge on any atom is -0.348 e. The number of allylic oxidation sites excluding steroid dienone is 3. The van der Waals surface area contributed by atoms with Crippen LogP contribution in [0, 0.1) is 0 Å². The zero-order valence-electron chi connectivity index (χ0n) is 15.4. The average Bonchev–Trinajstić information content (AvgIpc) is 3.31. The van der Waals surface area contributed by atoms with E-state index in [9.17, 15) is 4.79 Å². The number of amides is 1. The molecule has 1 aromatic rings. The predicted molar refractivity (Wildman–Crippen MR) is 108 cm³/mol. The molecule has 3 aliphatic heterocycles. The van der Waals surface area contributed by atoms with E-state index in [0.29, 0.717) is 24.2 Å². The fraction of sp³-hybridized carbons (Fsp3) is 0.500. The van der Waals surface area contributed by atoms with Crippen molar-refractivity contribution in [2.75, 3.05) is 7.05 Å². The first-order chi connectivity index (χ1) is 13.2. The molecule has 1 amide bonds. The number of nitrogens with zero attached hydrogens (tertiary/aromatic N) is 4. The highest BCUT2D eigenvalue weighted by Crippen LogP contribution is 2.33. The van der Waals surface area contributed by atoms with Gasteiger partial charge in [-0.3, -0.25) is 4.79 Å². The molecule has 4 aliphatic rings. The summed E-state index contributed by atoms with van der Waals surface area (Å²) in [4.78, 5) is 19.8. The molecule has 1 aromatic heterocycles. The molecule has 0 saturated carbocycles. The number of carbonyl (C=O) groups excluding carboxylic acids is 1. The van der Waals surface area contributed by atoms with E-state index >= 15 is 0 Å². The molecule has 5 rings (SSSR count). The third kappa shape index (κ3) is 3.08. The zero-order chi connectivity index (χ0) is 18.4. The van der Waals surface area contributed by atoms with Gasteiger partial charge in [0, 0.05) is 47.3 Å². The van der Waals surface area contributed by atoms with E-state index in [0.717, 1.165) is 34.7 Å². The van der Waals surface area contributed by atoms with E-state index < -0.39 is 0 Å². The second-order valence-corrected chi connectivity index (χ2v) is 8.69. The van der Waals surface area contributed by atoms with Crippen molar-refractivity contribution in [3.63, 3.8) is 0 Å². The molecule has 1 N–H and O–H groups in total. The molecule has 1 aliphatic carbocycles. The van der Waals surface area contributed by atoms with Crippen molar-refractivity contribution in [2.24, 2.45) is 10.2 Å². The lowest BCUT2D eigenvalue weighted by molar-refractivity contribution is -0.116. The normalized spacial score (nSPS) is 30.0. The molecule has 4 heterocycles. The highest BCUT2D eigenvalue weighted by Gasteiger charge is 2.37. The average molecular weight is 382 g/mol. The molecular weight excluding hydrogens is 358 g/mol. The van der Waals surface area contributed by atoms with Crippen molar-refractivity contribution < 1.29 is 4.79 Å². The van der Waals surface area contributed by atoms with Crippen molar-refractivity contribution >= 4 is 34.2 Å². The highest BCUT2D eigenvalue weighted by molar-refractivity contribution is 7.10. The molecular formula is C20H23N5OS. The van der Waals surface area contributed by atoms with Crippen molar-refractivity contribution in [1.29, 1.82) is 0 Å². The number of fused-ring (bicyclic) bond motifs is 3. The summed E-state index contributed by atoms with van der Waals surface area (Å²) >= 11 is 1.60. The predicted octanol–water partition coefficient (Wildman–Crippen LogP) is 2.80. The first kappa shape index (κ1) is 17.0. The fourth-order valence-electron chi connectivity index (χ4n) is 4.75. The van der Waals surface area contributed by atoms with Crippen LogP contribution in [0.3, 0.4) is 0 Å². The van der Waals surface area contributed by atoms with Crippen LogP contribution in [-0.4, -0.2) is 52.4 Å². The van der Waals surface area contributed by atoms with Crippen molar-refractivity contribution in [3.8, 4) is 0 Å². The SMILES string of the molecule is CN1C2CCCC1CC(NC(=O)C1=NN=C3CC=C(c4nccs4)C=C31)C2. The zero-order valence-corrected chi connectivity index (χ0v) is 16.2. The van der Waals surface area contributed by atoms with Gasteiger partial charge in [-0.15, -0.1) is 16.4 Å². The largest absolute Gasteiger partial charge is 0.348 e. The number of rotatable bonds is 3. The molecule has 2 bridgehead atoms. The number of nitrogens with one attached hydrogen (secondary N) is 1. The standard InChI is InChI=1S/C20H23N5OS/c1-25-14-3-2-4-15(25)11-13(10-14)22-19(26)18-16-9-12(20-21-7-8-27-20)5-6-17(16)23-24-18/h5,7-9,13-15H,2-4,6,10-11H2,1H3,(H,22,26). The summed E-state index contributed by atoms with van der Waals surface area (Å²) in [5.41, 5.74) is 3.24. The van der Waals surface area contributed by atoms with E-state index in [1.165, 1.54) is 19.3 Å². The maximum atomic E-state index is 13.0. The van der Waals surface area contributed by atoms with Crippen LogP contribution in [0.5, 0.6) is 0 Å². The van der Waals surface area contributed by atoms with Crippen LogP contribution < -0.4 is 5.32 Å². The minimum atomic E-state index is -0.0898. The second-order valence-electron chi connectivity index (χ2n) is 7.80. The summed E-state index contributed by atoms with van der Waals surface area (Å²) in [5, 5.41) is 14.6. The summed E-state index contributed by atoms with van der Waals surface area (Å²) in [5.74, 6) is -0.0898. The van der Waals surface area contributed by atoms with Crippen LogP contribution in [0.1, 0.15) is 43.5 Å². The number of aromatic nitrogens is 1. The molecule has 2 atom stereocenters. The summed E-state index contributed by atoms with van der Waals surface area (Å²) in [6.07, 6.45) is 12.5. The van der Waals surface area contributed by atoms with E-state index in [4.69, 9.17) is 0 Å². The molecule has 2 saturated heterocycles. The first-order valence-corrected chi connectivity index (χ1v) is 10.6. The Morgan fingerprint density at radius 2 is 2.07 bits per heavy atom. The quantitative estimate of drug-likeness (QED) is 0.875. The van der Waals surface area contributed by atoms with Crippen molar-refractivity contribution in [1.82, 2.24) is 15.2 Å². The third-order valence-corrected chi connectivity index (χ3v) is 7.04. The molecule has 27 heavy (non-hydrogen) atoms. The molecule has 2 unspecified atom stereocenters. The number of hydrogen-bond donors (Lipinski definition) is 1. The monoisotopic (exact) mass is 381 g/mol. The van der Waals surface area contributed by atoms with E-state index in [1.807, 2.05) is 11.5 Å². The molecule has 2 fully saturated rings. The van der Waals surface area contributed by atoms with Gasteiger partial charge in [0.1, 0.15) is 5.01 Å². The van der Waals surface area contributed by atoms with Gasteiger partial charge < -0.3 is 10.2 Å². The van der Waals surface area contributed by atoms with Crippen LogP contribution >= 0.6 is 11.3 Å². The maximum absolute atomic E-state index is 13.0. The molecule has 0 spiro atoms. The van der Waals surface area contributed by atoms with Crippen molar-refractivity contribution in [2.45, 2.75) is 56.7 Å². The van der Waals surface area contributed by atoms with Gasteiger partial charge in [-0.1, -0.05) is 12.5 Å². The highest BCUT2D eigenvalue weighted by atomic mass is 32.1. The second kappa shape index (κ2) is 6.80. The van der Waals surface area contributed by atoms with Crippen LogP contribution in [0.2, 0.25) is 0 Å². The number of piperidine rings is 2. The van der Waals surface area contributed by atoms with Gasteiger partial charge in [0.15, 0.2) is 5.71 Å². The van der Waals surface area contributed by atoms with Crippen LogP contribution in [0.15, 0.2) is 39.5 Å². The Morgan fingerprint density at radius 1 is 1.26 bits per heavy atom. The number of thiazole rings is 1. The molecule has 140 valence electrons. The van der Waals surface area contributed by atoms with Gasteiger partial charge in [0.25, 0.3) is 5.91 Å². The Morgan fingerprint density at radius 3 is 2.81 bits per heavy atom. The number of hydrogen-bond acceptors (Lipinski definition) is 6. The number of carbonyl (C=O) groups is 1. The summed E-state index contributed by atoms with van der Waals surface area (Å²) in [7, 11) is 2.23. The lowest BCUT2D eigenvalue weighted by Gasteiger charge is -2.47. The molecule has 0 aromatic carbocycles. The molecule has 7 heteroatoms. The summed E-state index contributed by atoms with van der Waals surface area (Å²) in [6.45, 7) is 0. The van der Waals surface area contributed by atoms with Gasteiger partial charge in [-0.25, -0.2) is 4.98 Å². The van der Waals surface area contributed by atoms with Crippen LogP contribution in [-0.2, 0) is 4.79 Å².